The van der Waals surface area contributed by atoms with Crippen molar-refractivity contribution in [2.75, 3.05) is 11.4 Å². The lowest BCUT2D eigenvalue weighted by molar-refractivity contribution is -0.117. The number of carbonyl (C=O) groups excluding carboxylic acids is 1. The zero-order valence-corrected chi connectivity index (χ0v) is 10.1. The molecule has 92 valence electrons. The van der Waals surface area contributed by atoms with Gasteiger partial charge in [0.2, 0.25) is 5.91 Å². The van der Waals surface area contributed by atoms with Crippen molar-refractivity contribution in [1.29, 1.82) is 0 Å². The molecule has 0 atom stereocenters. The van der Waals surface area contributed by atoms with E-state index in [0.717, 1.165) is 6.42 Å². The normalized spacial score (nSPS) is 16.6. The Labute approximate surface area is 99.3 Å². The second kappa shape index (κ2) is 4.10. The maximum Gasteiger partial charge on any atom is 0.332 e. The molecule has 1 amide bonds. The SMILES string of the molecule is Cc1cc(N2CCCC2=O)ccc1S(=O)(=O)F. The van der Waals surface area contributed by atoms with Crippen molar-refractivity contribution >= 4 is 21.8 Å². The number of hydrogen-bond donors (Lipinski definition) is 0. The van der Waals surface area contributed by atoms with Crippen LogP contribution in [0, 0.1) is 6.92 Å². The van der Waals surface area contributed by atoms with Gasteiger partial charge in [0.15, 0.2) is 0 Å². The number of rotatable bonds is 2. The fraction of sp³-hybridized carbons (Fsp3) is 0.364. The highest BCUT2D eigenvalue weighted by Crippen LogP contribution is 2.26. The number of anilines is 1. The summed E-state index contributed by atoms with van der Waals surface area (Å²) in [6, 6.07) is 4.18. The van der Waals surface area contributed by atoms with Gasteiger partial charge in [-0.15, -0.1) is 3.89 Å². The zero-order chi connectivity index (χ0) is 12.6. The van der Waals surface area contributed by atoms with Gasteiger partial charge in [-0.3, -0.25) is 4.79 Å². The van der Waals surface area contributed by atoms with E-state index in [2.05, 4.69) is 0 Å². The maximum absolute atomic E-state index is 12.9. The summed E-state index contributed by atoms with van der Waals surface area (Å²) >= 11 is 0. The summed E-state index contributed by atoms with van der Waals surface area (Å²) in [5.41, 5.74) is 0.933. The standard InChI is InChI=1S/C11H12FNO3S/c1-8-7-9(13-6-2-3-11(13)14)4-5-10(8)17(12,15)16/h4-5,7H,2-3,6H2,1H3. The fourth-order valence-electron chi connectivity index (χ4n) is 2.00. The zero-order valence-electron chi connectivity index (χ0n) is 9.31. The minimum atomic E-state index is -4.69. The molecule has 1 aromatic carbocycles. The molecule has 0 aromatic heterocycles. The van der Waals surface area contributed by atoms with Gasteiger partial charge in [0.1, 0.15) is 4.90 Å². The molecule has 0 aliphatic carbocycles. The molecule has 1 aliphatic heterocycles. The van der Waals surface area contributed by atoms with Gasteiger partial charge in [-0.25, -0.2) is 0 Å². The second-order valence-electron chi connectivity index (χ2n) is 4.04. The monoisotopic (exact) mass is 257 g/mol. The molecule has 0 radical (unpaired) electrons. The topological polar surface area (TPSA) is 54.5 Å². The number of amides is 1. The summed E-state index contributed by atoms with van der Waals surface area (Å²) in [7, 11) is -4.69. The van der Waals surface area contributed by atoms with Crippen LogP contribution in [0.25, 0.3) is 0 Å². The van der Waals surface area contributed by atoms with Gasteiger partial charge < -0.3 is 4.90 Å². The summed E-state index contributed by atoms with van der Waals surface area (Å²) in [5.74, 6) is 0.0141. The molecule has 1 fully saturated rings. The molecule has 17 heavy (non-hydrogen) atoms. The minimum absolute atomic E-state index is 0.0141. The highest BCUT2D eigenvalue weighted by Gasteiger charge is 2.23. The van der Waals surface area contributed by atoms with Gasteiger partial charge in [0.25, 0.3) is 0 Å². The Kier molecular flexibility index (Phi) is 2.91. The van der Waals surface area contributed by atoms with E-state index in [1.165, 1.54) is 25.1 Å². The molecular formula is C11H12FNO3S. The van der Waals surface area contributed by atoms with Crippen molar-refractivity contribution in [2.24, 2.45) is 0 Å². The number of halogens is 1. The van der Waals surface area contributed by atoms with Crippen molar-refractivity contribution in [1.82, 2.24) is 0 Å². The molecule has 1 heterocycles. The van der Waals surface area contributed by atoms with E-state index < -0.39 is 10.2 Å². The Morgan fingerprint density at radius 3 is 2.53 bits per heavy atom. The summed E-state index contributed by atoms with van der Waals surface area (Å²) in [5, 5.41) is 0. The van der Waals surface area contributed by atoms with Crippen LogP contribution in [0.3, 0.4) is 0 Å². The number of benzene rings is 1. The van der Waals surface area contributed by atoms with Crippen LogP contribution in [0.15, 0.2) is 23.1 Å². The molecule has 0 saturated carbocycles. The summed E-state index contributed by atoms with van der Waals surface area (Å²) in [6.07, 6.45) is 1.29. The maximum atomic E-state index is 12.9. The lowest BCUT2D eigenvalue weighted by Gasteiger charge is -2.16. The predicted octanol–water partition coefficient (Wildman–Crippen LogP) is 1.78. The molecule has 1 aliphatic rings. The first-order valence-electron chi connectivity index (χ1n) is 5.25. The lowest BCUT2D eigenvalue weighted by Crippen LogP contribution is -2.23. The number of hydrogen-bond acceptors (Lipinski definition) is 3. The van der Waals surface area contributed by atoms with Crippen molar-refractivity contribution in [3.63, 3.8) is 0 Å². The quantitative estimate of drug-likeness (QED) is 0.759. The van der Waals surface area contributed by atoms with Crippen LogP contribution in [-0.4, -0.2) is 20.9 Å². The number of aryl methyl sites for hydroxylation is 1. The van der Waals surface area contributed by atoms with E-state index in [9.17, 15) is 17.1 Å². The van der Waals surface area contributed by atoms with Crippen molar-refractivity contribution < 1.29 is 17.1 Å². The van der Waals surface area contributed by atoms with E-state index in [1.54, 1.807) is 4.90 Å². The summed E-state index contributed by atoms with van der Waals surface area (Å²) < 4.78 is 34.5. The molecule has 2 rings (SSSR count). The van der Waals surface area contributed by atoms with Crippen LogP contribution >= 0.6 is 0 Å². The lowest BCUT2D eigenvalue weighted by atomic mass is 10.2. The van der Waals surface area contributed by atoms with E-state index in [4.69, 9.17) is 0 Å². The Morgan fingerprint density at radius 1 is 1.35 bits per heavy atom. The molecule has 1 aromatic rings. The molecule has 1 saturated heterocycles. The van der Waals surface area contributed by atoms with Gasteiger partial charge in [0, 0.05) is 18.7 Å². The van der Waals surface area contributed by atoms with Gasteiger partial charge in [0.05, 0.1) is 0 Å². The highest BCUT2D eigenvalue weighted by atomic mass is 32.3. The van der Waals surface area contributed by atoms with Crippen molar-refractivity contribution in [3.8, 4) is 0 Å². The molecule has 0 N–H and O–H groups in total. The summed E-state index contributed by atoms with van der Waals surface area (Å²) in [4.78, 5) is 12.7. The molecule has 0 spiro atoms. The summed E-state index contributed by atoms with van der Waals surface area (Å²) in [6.45, 7) is 2.14. The largest absolute Gasteiger partial charge is 0.332 e. The molecular weight excluding hydrogens is 245 g/mol. The van der Waals surface area contributed by atoms with Gasteiger partial charge in [-0.2, -0.15) is 8.42 Å². The average molecular weight is 257 g/mol. The van der Waals surface area contributed by atoms with E-state index in [-0.39, 0.29) is 10.8 Å². The van der Waals surface area contributed by atoms with E-state index in [1.807, 2.05) is 0 Å². The first-order valence-corrected chi connectivity index (χ1v) is 6.63. The van der Waals surface area contributed by atoms with Crippen molar-refractivity contribution in [3.05, 3.63) is 23.8 Å². The van der Waals surface area contributed by atoms with Crippen LogP contribution in [0.4, 0.5) is 9.57 Å². The Balaban J connectivity index is 2.41. The minimum Gasteiger partial charge on any atom is -0.312 e. The third-order valence-electron chi connectivity index (χ3n) is 2.81. The van der Waals surface area contributed by atoms with Crippen LogP contribution in [-0.2, 0) is 15.0 Å². The second-order valence-corrected chi connectivity index (χ2v) is 5.35. The Hall–Kier alpha value is -1.43. The van der Waals surface area contributed by atoms with Crippen LogP contribution in [0.2, 0.25) is 0 Å². The third kappa shape index (κ3) is 2.31. The van der Waals surface area contributed by atoms with Gasteiger partial charge in [-0.05, 0) is 37.1 Å². The smallest absolute Gasteiger partial charge is 0.312 e. The Morgan fingerprint density at radius 2 is 2.06 bits per heavy atom. The van der Waals surface area contributed by atoms with Crippen LogP contribution in [0.5, 0.6) is 0 Å². The third-order valence-corrected chi connectivity index (χ3v) is 3.79. The van der Waals surface area contributed by atoms with Crippen LogP contribution < -0.4 is 4.90 Å². The van der Waals surface area contributed by atoms with E-state index >= 15 is 0 Å². The number of carbonyl (C=O) groups is 1. The number of nitrogens with zero attached hydrogens (tertiary/aromatic N) is 1. The first kappa shape index (κ1) is 12.0. The van der Waals surface area contributed by atoms with Crippen LogP contribution in [0.1, 0.15) is 18.4 Å². The molecule has 4 nitrogen and oxygen atoms in total. The molecule has 0 bridgehead atoms. The Bertz CT molecular complexity index is 568. The molecule has 0 unspecified atom stereocenters. The van der Waals surface area contributed by atoms with Gasteiger partial charge in [-0.1, -0.05) is 0 Å². The molecule has 6 heteroatoms. The highest BCUT2D eigenvalue weighted by molar-refractivity contribution is 7.86. The fourth-order valence-corrected chi connectivity index (χ4v) is 2.67. The average Bonchev–Trinajstić information content (AvgIpc) is 2.62. The van der Waals surface area contributed by atoms with Crippen molar-refractivity contribution in [2.45, 2.75) is 24.7 Å². The van der Waals surface area contributed by atoms with E-state index in [0.29, 0.717) is 24.2 Å². The first-order chi connectivity index (χ1) is 7.89. The predicted molar refractivity (Wildman–Crippen MR) is 61.1 cm³/mol. The van der Waals surface area contributed by atoms with Gasteiger partial charge >= 0.3 is 10.2 Å².